The Balaban J connectivity index is 0.00000320. The Morgan fingerprint density at radius 2 is 1.93 bits per heavy atom. The summed E-state index contributed by atoms with van der Waals surface area (Å²) in [7, 11) is 1.81. The van der Waals surface area contributed by atoms with Crippen LogP contribution in [0, 0.1) is 6.92 Å². The smallest absolute Gasteiger partial charge is 0.191 e. The van der Waals surface area contributed by atoms with Gasteiger partial charge in [-0.2, -0.15) is 0 Å². The number of nitrogens with one attached hydrogen (secondary N) is 2. The van der Waals surface area contributed by atoms with Gasteiger partial charge in [0.25, 0.3) is 0 Å². The van der Waals surface area contributed by atoms with E-state index in [2.05, 4.69) is 49.4 Å². The molecule has 3 rings (SSSR count). The lowest BCUT2D eigenvalue weighted by Crippen LogP contribution is -2.38. The van der Waals surface area contributed by atoms with Crippen molar-refractivity contribution in [2.45, 2.75) is 64.6 Å². The Labute approximate surface area is 197 Å². The quantitative estimate of drug-likeness (QED) is 0.178. The minimum Gasteiger partial charge on any atom is -0.376 e. The monoisotopic (exact) mass is 525 g/mol. The van der Waals surface area contributed by atoms with Crippen LogP contribution < -0.4 is 10.6 Å². The number of aryl methyl sites for hydroxylation is 1. The number of imidazole rings is 1. The van der Waals surface area contributed by atoms with E-state index in [1.165, 1.54) is 49.7 Å². The lowest BCUT2D eigenvalue weighted by atomic mass is 10.1. The summed E-state index contributed by atoms with van der Waals surface area (Å²) in [6.07, 6.45) is 12.1. The van der Waals surface area contributed by atoms with Crippen LogP contribution >= 0.6 is 24.0 Å². The summed E-state index contributed by atoms with van der Waals surface area (Å²) in [5.41, 5.74) is 2.50. The molecule has 1 heterocycles. The van der Waals surface area contributed by atoms with Crippen LogP contribution in [-0.2, 0) is 17.8 Å². The van der Waals surface area contributed by atoms with Gasteiger partial charge < -0.3 is 19.9 Å². The molecule has 6 nitrogen and oxygen atoms in total. The molecule has 7 heteroatoms. The van der Waals surface area contributed by atoms with Gasteiger partial charge >= 0.3 is 0 Å². The minimum absolute atomic E-state index is 0. The molecule has 0 unspecified atom stereocenters. The molecule has 30 heavy (non-hydrogen) atoms. The van der Waals surface area contributed by atoms with Gasteiger partial charge in [-0.1, -0.05) is 49.9 Å². The van der Waals surface area contributed by atoms with Gasteiger partial charge in [0.15, 0.2) is 5.96 Å². The van der Waals surface area contributed by atoms with E-state index in [4.69, 9.17) is 4.74 Å². The topological polar surface area (TPSA) is 63.5 Å². The first-order chi connectivity index (χ1) is 14.2. The van der Waals surface area contributed by atoms with Crippen LogP contribution in [0.4, 0.5) is 0 Å². The molecular formula is C23H36IN5O. The Kier molecular flexibility index (Phi) is 11.2. The van der Waals surface area contributed by atoms with Crippen molar-refractivity contribution in [1.82, 2.24) is 20.2 Å². The van der Waals surface area contributed by atoms with Crippen LogP contribution in [0.2, 0.25) is 0 Å². The predicted octanol–water partition coefficient (Wildman–Crippen LogP) is 4.26. The van der Waals surface area contributed by atoms with Crippen LogP contribution in [0.15, 0.2) is 41.7 Å². The highest BCUT2D eigenvalue weighted by atomic mass is 127. The number of rotatable bonds is 8. The summed E-state index contributed by atoms with van der Waals surface area (Å²) in [5.74, 6) is 1.84. The van der Waals surface area contributed by atoms with Crippen molar-refractivity contribution < 1.29 is 4.74 Å². The molecule has 0 spiro atoms. The summed E-state index contributed by atoms with van der Waals surface area (Å²) < 4.78 is 8.20. The van der Waals surface area contributed by atoms with E-state index in [0.717, 1.165) is 38.0 Å². The van der Waals surface area contributed by atoms with Gasteiger partial charge in [-0.05, 0) is 30.9 Å². The predicted molar refractivity (Wildman–Crippen MR) is 134 cm³/mol. The third-order valence-electron chi connectivity index (χ3n) is 5.50. The second-order valence-electron chi connectivity index (χ2n) is 7.76. The van der Waals surface area contributed by atoms with Gasteiger partial charge in [-0.15, -0.1) is 24.0 Å². The van der Waals surface area contributed by atoms with Crippen LogP contribution in [0.1, 0.15) is 55.5 Å². The standard InChI is InChI=1S/C23H35N5O.HI/c1-19-25-12-14-28(19)18-21-9-7-8-20(16-21)17-27-23(24-2)26-13-15-29-22-10-5-3-4-6-11-22;/h7-9,12,14,16,22H,3-6,10-11,13,15,17-18H2,1-2H3,(H2,24,26,27);1H. The summed E-state index contributed by atoms with van der Waals surface area (Å²) in [6.45, 7) is 5.10. The van der Waals surface area contributed by atoms with Crippen LogP contribution in [-0.4, -0.2) is 41.8 Å². The maximum Gasteiger partial charge on any atom is 0.191 e. The summed E-state index contributed by atoms with van der Waals surface area (Å²) >= 11 is 0. The molecule has 1 saturated carbocycles. The molecule has 0 radical (unpaired) electrons. The van der Waals surface area contributed by atoms with Gasteiger partial charge in [-0.3, -0.25) is 4.99 Å². The first-order valence-corrected chi connectivity index (χ1v) is 10.9. The largest absolute Gasteiger partial charge is 0.376 e. The van der Waals surface area contributed by atoms with E-state index in [0.29, 0.717) is 6.10 Å². The lowest BCUT2D eigenvalue weighted by Gasteiger charge is -2.17. The van der Waals surface area contributed by atoms with Gasteiger partial charge in [0.2, 0.25) is 0 Å². The molecular weight excluding hydrogens is 489 g/mol. The normalized spacial score (nSPS) is 15.3. The number of benzene rings is 1. The molecule has 1 aliphatic carbocycles. The third-order valence-corrected chi connectivity index (χ3v) is 5.50. The van der Waals surface area contributed by atoms with E-state index >= 15 is 0 Å². The lowest BCUT2D eigenvalue weighted by molar-refractivity contribution is 0.0468. The molecule has 0 aliphatic heterocycles. The van der Waals surface area contributed by atoms with Gasteiger partial charge in [0.1, 0.15) is 5.82 Å². The van der Waals surface area contributed by atoms with Crippen molar-refractivity contribution in [2.24, 2.45) is 4.99 Å². The average Bonchev–Trinajstić information content (AvgIpc) is 2.97. The van der Waals surface area contributed by atoms with Crippen LogP contribution in [0.5, 0.6) is 0 Å². The van der Waals surface area contributed by atoms with E-state index in [1.54, 1.807) is 7.05 Å². The van der Waals surface area contributed by atoms with Crippen molar-refractivity contribution in [2.75, 3.05) is 20.2 Å². The van der Waals surface area contributed by atoms with Crippen molar-refractivity contribution in [1.29, 1.82) is 0 Å². The fourth-order valence-corrected chi connectivity index (χ4v) is 3.82. The van der Waals surface area contributed by atoms with Gasteiger partial charge in [0, 0.05) is 39.1 Å². The number of nitrogens with zero attached hydrogens (tertiary/aromatic N) is 3. The van der Waals surface area contributed by atoms with Crippen LogP contribution in [0.25, 0.3) is 0 Å². The zero-order valence-electron chi connectivity index (χ0n) is 18.3. The molecule has 1 aromatic carbocycles. The Hall–Kier alpha value is -1.61. The number of halogens is 1. The van der Waals surface area contributed by atoms with Crippen molar-refractivity contribution in [3.8, 4) is 0 Å². The van der Waals surface area contributed by atoms with Crippen molar-refractivity contribution in [3.05, 3.63) is 53.6 Å². The Morgan fingerprint density at radius 1 is 1.17 bits per heavy atom. The first-order valence-electron chi connectivity index (χ1n) is 10.9. The third kappa shape index (κ3) is 8.26. The molecule has 0 saturated heterocycles. The second-order valence-corrected chi connectivity index (χ2v) is 7.76. The number of guanidine groups is 1. The molecule has 1 fully saturated rings. The summed E-state index contributed by atoms with van der Waals surface area (Å²) in [6, 6.07) is 8.63. The SMILES string of the molecule is CN=C(NCCOC1CCCCCC1)NCc1cccc(Cn2ccnc2C)c1.I. The molecule has 0 amide bonds. The number of aliphatic imine (C=N–C) groups is 1. The highest BCUT2D eigenvalue weighted by molar-refractivity contribution is 14.0. The molecule has 0 atom stereocenters. The molecule has 2 N–H and O–H groups in total. The minimum atomic E-state index is 0. The number of aromatic nitrogens is 2. The summed E-state index contributed by atoms with van der Waals surface area (Å²) in [5, 5.41) is 6.75. The molecule has 2 aromatic rings. The molecule has 166 valence electrons. The summed E-state index contributed by atoms with van der Waals surface area (Å²) in [4.78, 5) is 8.62. The highest BCUT2D eigenvalue weighted by Gasteiger charge is 2.12. The fourth-order valence-electron chi connectivity index (χ4n) is 3.82. The van der Waals surface area contributed by atoms with Crippen LogP contribution in [0.3, 0.4) is 0 Å². The van der Waals surface area contributed by atoms with Gasteiger partial charge in [0.05, 0.1) is 12.7 Å². The first kappa shape index (κ1) is 24.7. The zero-order valence-corrected chi connectivity index (χ0v) is 20.6. The Morgan fingerprint density at radius 3 is 2.63 bits per heavy atom. The maximum atomic E-state index is 6.04. The van der Waals surface area contributed by atoms with E-state index < -0.39 is 0 Å². The van der Waals surface area contributed by atoms with E-state index in [9.17, 15) is 0 Å². The molecule has 0 bridgehead atoms. The van der Waals surface area contributed by atoms with Crippen molar-refractivity contribution >= 4 is 29.9 Å². The maximum absolute atomic E-state index is 6.04. The van der Waals surface area contributed by atoms with Crippen molar-refractivity contribution in [3.63, 3.8) is 0 Å². The molecule has 1 aromatic heterocycles. The number of ether oxygens (including phenoxy) is 1. The van der Waals surface area contributed by atoms with E-state index in [-0.39, 0.29) is 24.0 Å². The van der Waals surface area contributed by atoms with Gasteiger partial charge in [-0.25, -0.2) is 4.98 Å². The van der Waals surface area contributed by atoms with E-state index in [1.807, 2.05) is 19.3 Å². The fraction of sp³-hybridized carbons (Fsp3) is 0.565. The average molecular weight is 525 g/mol. The second kappa shape index (κ2) is 13.6. The number of hydrogen-bond donors (Lipinski definition) is 2. The number of hydrogen-bond acceptors (Lipinski definition) is 3. The highest BCUT2D eigenvalue weighted by Crippen LogP contribution is 2.19. The Bertz CT molecular complexity index is 768. The molecule has 1 aliphatic rings. The zero-order chi connectivity index (χ0) is 20.3.